The summed E-state index contributed by atoms with van der Waals surface area (Å²) in [6.07, 6.45) is 4.25. The number of nitrogens with zero attached hydrogens (tertiary/aromatic N) is 1. The van der Waals surface area contributed by atoms with Crippen LogP contribution in [0.2, 0.25) is 0 Å². The van der Waals surface area contributed by atoms with Crippen LogP contribution in [-0.4, -0.2) is 44.7 Å². The van der Waals surface area contributed by atoms with Crippen LogP contribution in [0.25, 0.3) is 0 Å². The zero-order valence-corrected chi connectivity index (χ0v) is 11.7. The quantitative estimate of drug-likeness (QED) is 0.588. The van der Waals surface area contributed by atoms with Crippen molar-refractivity contribution in [1.82, 2.24) is 4.90 Å². The Hall–Kier alpha value is 0.400. The van der Waals surface area contributed by atoms with Gasteiger partial charge in [0, 0.05) is 24.9 Å². The molecule has 0 aromatic carbocycles. The summed E-state index contributed by atoms with van der Waals surface area (Å²) in [7, 11) is 2.36. The van der Waals surface area contributed by atoms with Crippen LogP contribution in [0.1, 0.15) is 26.2 Å². The molecule has 2 fully saturated rings. The van der Waals surface area contributed by atoms with E-state index in [1.54, 1.807) is 4.90 Å². The summed E-state index contributed by atoms with van der Waals surface area (Å²) in [6.45, 7) is 9.24. The highest BCUT2D eigenvalue weighted by Crippen LogP contribution is 2.22. The Morgan fingerprint density at radius 2 is 1.80 bits per heavy atom. The van der Waals surface area contributed by atoms with Crippen molar-refractivity contribution in [3.8, 4) is 0 Å². The molecule has 0 spiro atoms. The van der Waals surface area contributed by atoms with Crippen molar-refractivity contribution in [3.63, 3.8) is 0 Å². The third kappa shape index (κ3) is 3.72. The van der Waals surface area contributed by atoms with E-state index in [1.807, 2.05) is 0 Å². The number of hydrogen-bond donors (Lipinski definition) is 1. The van der Waals surface area contributed by atoms with Gasteiger partial charge in [-0.25, -0.2) is 0 Å². The Labute approximate surface area is 105 Å². The van der Waals surface area contributed by atoms with Gasteiger partial charge in [0.25, 0.3) is 0 Å². The van der Waals surface area contributed by atoms with Crippen molar-refractivity contribution in [2.75, 3.05) is 39.8 Å². The van der Waals surface area contributed by atoms with Crippen LogP contribution >= 0.6 is 0 Å². The molecule has 0 saturated carbocycles. The topological polar surface area (TPSA) is 7.68 Å². The number of halogens is 1. The number of quaternary nitrogens is 1. The van der Waals surface area contributed by atoms with Crippen molar-refractivity contribution in [1.29, 1.82) is 0 Å². The fourth-order valence-corrected chi connectivity index (χ4v) is 3.35. The van der Waals surface area contributed by atoms with Crippen LogP contribution in [0, 0.1) is 11.8 Å². The van der Waals surface area contributed by atoms with Crippen LogP contribution < -0.4 is 21.9 Å². The predicted molar refractivity (Wildman–Crippen MR) is 59.6 cm³/mol. The maximum atomic E-state index is 2.72. The van der Waals surface area contributed by atoms with Gasteiger partial charge in [-0.3, -0.25) is 0 Å². The summed E-state index contributed by atoms with van der Waals surface area (Å²) in [5.74, 6) is 2.00. The number of hydrogen-bond acceptors (Lipinski definition) is 1. The summed E-state index contributed by atoms with van der Waals surface area (Å²) in [6, 6.07) is 0. The molecule has 2 bridgehead atoms. The molecule has 2 saturated heterocycles. The summed E-state index contributed by atoms with van der Waals surface area (Å²) >= 11 is 0. The minimum atomic E-state index is 0. The minimum absolute atomic E-state index is 0. The highest BCUT2D eigenvalue weighted by molar-refractivity contribution is 4.80. The highest BCUT2D eigenvalue weighted by Gasteiger charge is 2.34. The molecule has 2 nitrogen and oxygen atoms in total. The van der Waals surface area contributed by atoms with E-state index >= 15 is 0 Å². The molecule has 0 amide bonds. The molecule has 2 aliphatic rings. The largest absolute Gasteiger partial charge is 1.00 e. The van der Waals surface area contributed by atoms with Crippen LogP contribution in [0.15, 0.2) is 0 Å². The first-order valence-corrected chi connectivity index (χ1v) is 6.31. The number of piperidine rings is 2. The van der Waals surface area contributed by atoms with E-state index in [-0.39, 0.29) is 17.0 Å². The van der Waals surface area contributed by atoms with Crippen molar-refractivity contribution in [3.05, 3.63) is 0 Å². The van der Waals surface area contributed by atoms with E-state index in [0.717, 1.165) is 11.8 Å². The smallest absolute Gasteiger partial charge is 0.0810 e. The summed E-state index contributed by atoms with van der Waals surface area (Å²) in [5, 5.41) is 0. The molecule has 0 aromatic heterocycles. The second-order valence-corrected chi connectivity index (χ2v) is 5.45. The van der Waals surface area contributed by atoms with Gasteiger partial charge in [0.2, 0.25) is 0 Å². The average molecular weight is 277 g/mol. The third-order valence-electron chi connectivity index (χ3n) is 3.80. The Morgan fingerprint density at radius 3 is 2.33 bits per heavy atom. The van der Waals surface area contributed by atoms with Gasteiger partial charge in [-0.1, -0.05) is 13.3 Å². The molecule has 0 radical (unpaired) electrons. The van der Waals surface area contributed by atoms with E-state index in [9.17, 15) is 0 Å². The molecule has 2 unspecified atom stereocenters. The van der Waals surface area contributed by atoms with Gasteiger partial charge in [-0.05, 0) is 19.4 Å². The van der Waals surface area contributed by atoms with Gasteiger partial charge < -0.3 is 26.8 Å². The number of nitrogens with one attached hydrogen (secondary N) is 1. The van der Waals surface area contributed by atoms with Crippen LogP contribution in [0.3, 0.4) is 0 Å². The third-order valence-corrected chi connectivity index (χ3v) is 3.80. The Morgan fingerprint density at radius 1 is 1.20 bits per heavy atom. The normalized spacial score (nSPS) is 36.0. The molecule has 90 valence electrons. The number of fused-ring (bicyclic) bond motifs is 2. The molecule has 15 heavy (non-hydrogen) atoms. The molecule has 2 rings (SSSR count). The molecule has 0 aromatic rings. The number of likely N-dealkylation sites (tertiary alicyclic amines) is 2. The van der Waals surface area contributed by atoms with E-state index in [1.165, 1.54) is 52.0 Å². The first kappa shape index (κ1) is 13.5. The second-order valence-electron chi connectivity index (χ2n) is 5.45. The maximum absolute atomic E-state index is 2.72. The molecular formula is C12H25BrN2. The van der Waals surface area contributed by atoms with E-state index in [2.05, 4.69) is 18.9 Å². The van der Waals surface area contributed by atoms with Gasteiger partial charge in [-0.15, -0.1) is 0 Å². The SMILES string of the molecule is CCCCN1CC2CC(C1)C[NH+](C)C2.[Br-]. The van der Waals surface area contributed by atoms with Gasteiger partial charge in [0.15, 0.2) is 0 Å². The van der Waals surface area contributed by atoms with Gasteiger partial charge in [0.05, 0.1) is 20.1 Å². The monoisotopic (exact) mass is 276 g/mol. The van der Waals surface area contributed by atoms with Crippen LogP contribution in [-0.2, 0) is 0 Å². The summed E-state index contributed by atoms with van der Waals surface area (Å²) in [5.41, 5.74) is 0. The molecule has 0 aliphatic carbocycles. The molecule has 1 N–H and O–H groups in total. The lowest BCUT2D eigenvalue weighted by atomic mass is 9.85. The first-order valence-electron chi connectivity index (χ1n) is 6.31. The van der Waals surface area contributed by atoms with Crippen molar-refractivity contribution < 1.29 is 21.9 Å². The molecule has 2 heterocycles. The lowest BCUT2D eigenvalue weighted by Crippen LogP contribution is -3.12. The second kappa shape index (κ2) is 6.21. The molecule has 3 heteroatoms. The maximum Gasteiger partial charge on any atom is 0.0810 e. The van der Waals surface area contributed by atoms with Gasteiger partial charge in [0.1, 0.15) is 0 Å². The lowest BCUT2D eigenvalue weighted by molar-refractivity contribution is -0.893. The van der Waals surface area contributed by atoms with Crippen LogP contribution in [0.4, 0.5) is 0 Å². The first-order chi connectivity index (χ1) is 6.78. The Balaban J connectivity index is 0.00000112. The number of unbranched alkanes of at least 4 members (excludes halogenated alkanes) is 1. The van der Waals surface area contributed by atoms with Crippen molar-refractivity contribution in [2.45, 2.75) is 26.2 Å². The minimum Gasteiger partial charge on any atom is -1.00 e. The highest BCUT2D eigenvalue weighted by atomic mass is 79.9. The lowest BCUT2D eigenvalue weighted by Gasteiger charge is -2.42. The fourth-order valence-electron chi connectivity index (χ4n) is 3.35. The summed E-state index contributed by atoms with van der Waals surface area (Å²) < 4.78 is 0. The molecule has 2 atom stereocenters. The zero-order valence-electron chi connectivity index (χ0n) is 10.1. The van der Waals surface area contributed by atoms with Gasteiger partial charge >= 0.3 is 0 Å². The van der Waals surface area contributed by atoms with E-state index < -0.39 is 0 Å². The van der Waals surface area contributed by atoms with Crippen LogP contribution in [0.5, 0.6) is 0 Å². The fraction of sp³-hybridized carbons (Fsp3) is 1.00. The standard InChI is InChI=1S/C12H24N2.BrH/c1-3-4-5-14-9-11-6-12(10-14)8-13(2)7-11;/h11-12H,3-10H2,1-2H3;1H. The molecular weight excluding hydrogens is 252 g/mol. The number of rotatable bonds is 3. The average Bonchev–Trinajstić information content (AvgIpc) is 2.12. The Bertz CT molecular complexity index is 168. The zero-order chi connectivity index (χ0) is 9.97. The Kier molecular flexibility index (Phi) is 5.58. The summed E-state index contributed by atoms with van der Waals surface area (Å²) in [4.78, 5) is 4.48. The van der Waals surface area contributed by atoms with E-state index in [4.69, 9.17) is 0 Å². The molecule has 2 aliphatic heterocycles. The predicted octanol–water partition coefficient (Wildman–Crippen LogP) is -2.74. The van der Waals surface area contributed by atoms with Crippen molar-refractivity contribution >= 4 is 0 Å². The van der Waals surface area contributed by atoms with Crippen molar-refractivity contribution in [2.24, 2.45) is 11.8 Å². The van der Waals surface area contributed by atoms with E-state index in [0.29, 0.717) is 0 Å². The van der Waals surface area contributed by atoms with Gasteiger partial charge in [-0.2, -0.15) is 0 Å².